The van der Waals surface area contributed by atoms with Crippen LogP contribution in [0.2, 0.25) is 0 Å². The molecule has 2 saturated heterocycles. The monoisotopic (exact) mass is 440 g/mol. The smallest absolute Gasteiger partial charge is 0.251 e. The predicted octanol–water partition coefficient (Wildman–Crippen LogP) is 2.14. The summed E-state index contributed by atoms with van der Waals surface area (Å²) in [4.78, 5) is 25.1. The van der Waals surface area contributed by atoms with Crippen LogP contribution in [0.15, 0.2) is 54.6 Å². The number of hydrogen-bond donors (Lipinski definition) is 2. The standard InChI is InChI=1S/C24H28N2O6/c1-23(2)31-20-19(13-25-21(27)17-9-11-18(29-3)12-10-17)30-15-24(20,32-23)14-26-22(28)16-7-5-4-6-8-16/h4-12,19-20H,13-15H2,1-3H3,(H,25,27)(H,26,28)/t19-,20-,24+/m1/s1. The number of nitrogens with one attached hydrogen (secondary N) is 2. The number of rotatable bonds is 7. The van der Waals surface area contributed by atoms with Crippen molar-refractivity contribution in [2.75, 3.05) is 26.8 Å². The van der Waals surface area contributed by atoms with Gasteiger partial charge in [-0.05, 0) is 50.2 Å². The van der Waals surface area contributed by atoms with Gasteiger partial charge in [-0.1, -0.05) is 18.2 Å². The van der Waals surface area contributed by atoms with Gasteiger partial charge in [-0.15, -0.1) is 0 Å². The summed E-state index contributed by atoms with van der Waals surface area (Å²) in [6, 6.07) is 15.9. The second kappa shape index (κ2) is 8.90. The Hall–Kier alpha value is -2.94. The molecule has 0 aliphatic carbocycles. The minimum absolute atomic E-state index is 0.191. The topological polar surface area (TPSA) is 95.1 Å². The summed E-state index contributed by atoms with van der Waals surface area (Å²) in [6.45, 7) is 4.40. The van der Waals surface area contributed by atoms with Crippen LogP contribution in [0.5, 0.6) is 5.75 Å². The van der Waals surface area contributed by atoms with Crippen molar-refractivity contribution in [3.05, 3.63) is 65.7 Å². The van der Waals surface area contributed by atoms with Gasteiger partial charge in [0.2, 0.25) is 0 Å². The molecule has 2 aliphatic heterocycles. The predicted molar refractivity (Wildman–Crippen MR) is 117 cm³/mol. The Morgan fingerprint density at radius 2 is 1.66 bits per heavy atom. The minimum atomic E-state index is -0.830. The third-order valence-corrected chi connectivity index (χ3v) is 5.66. The third kappa shape index (κ3) is 4.62. The molecule has 2 aromatic rings. The highest BCUT2D eigenvalue weighted by atomic mass is 16.8. The van der Waals surface area contributed by atoms with Crippen LogP contribution in [0.4, 0.5) is 0 Å². The molecule has 4 rings (SSSR count). The van der Waals surface area contributed by atoms with Crippen LogP contribution < -0.4 is 15.4 Å². The maximum absolute atomic E-state index is 12.5. The summed E-state index contributed by atoms with van der Waals surface area (Å²) in [5.41, 5.74) is 0.263. The number of methoxy groups -OCH3 is 1. The Labute approximate surface area is 187 Å². The quantitative estimate of drug-likeness (QED) is 0.685. The van der Waals surface area contributed by atoms with Gasteiger partial charge in [-0.2, -0.15) is 0 Å². The van der Waals surface area contributed by atoms with E-state index in [0.29, 0.717) is 16.9 Å². The fraction of sp³-hybridized carbons (Fsp3) is 0.417. The van der Waals surface area contributed by atoms with Crippen molar-refractivity contribution in [3.8, 4) is 5.75 Å². The number of carbonyl (C=O) groups is 2. The highest BCUT2D eigenvalue weighted by molar-refractivity contribution is 5.94. The van der Waals surface area contributed by atoms with Gasteiger partial charge in [0.25, 0.3) is 11.8 Å². The first kappa shape index (κ1) is 22.3. The molecular weight excluding hydrogens is 412 g/mol. The molecule has 0 aromatic heterocycles. The Morgan fingerprint density at radius 3 is 2.34 bits per heavy atom. The average molecular weight is 440 g/mol. The fourth-order valence-corrected chi connectivity index (χ4v) is 4.16. The third-order valence-electron chi connectivity index (χ3n) is 5.66. The highest BCUT2D eigenvalue weighted by Crippen LogP contribution is 2.43. The van der Waals surface area contributed by atoms with Gasteiger partial charge in [0.05, 0.1) is 20.3 Å². The van der Waals surface area contributed by atoms with E-state index in [1.165, 1.54) is 0 Å². The fourth-order valence-electron chi connectivity index (χ4n) is 4.16. The van der Waals surface area contributed by atoms with Gasteiger partial charge in [0, 0.05) is 17.7 Å². The van der Waals surface area contributed by atoms with Crippen molar-refractivity contribution in [2.24, 2.45) is 0 Å². The lowest BCUT2D eigenvalue weighted by molar-refractivity contribution is -0.188. The number of hydrogen-bond acceptors (Lipinski definition) is 6. The van der Waals surface area contributed by atoms with Crippen LogP contribution in [0, 0.1) is 0 Å². The van der Waals surface area contributed by atoms with E-state index in [1.807, 2.05) is 32.0 Å². The molecule has 0 radical (unpaired) electrons. The Balaban J connectivity index is 1.39. The minimum Gasteiger partial charge on any atom is -0.497 e. The molecule has 8 nitrogen and oxygen atoms in total. The van der Waals surface area contributed by atoms with E-state index in [4.69, 9.17) is 18.9 Å². The van der Waals surface area contributed by atoms with Crippen LogP contribution in [-0.4, -0.2) is 62.2 Å². The molecule has 32 heavy (non-hydrogen) atoms. The van der Waals surface area contributed by atoms with Crippen molar-refractivity contribution in [2.45, 2.75) is 37.4 Å². The summed E-state index contributed by atoms with van der Waals surface area (Å²) >= 11 is 0. The van der Waals surface area contributed by atoms with Crippen molar-refractivity contribution in [1.29, 1.82) is 0 Å². The van der Waals surface area contributed by atoms with Gasteiger partial charge in [-0.3, -0.25) is 9.59 Å². The van der Waals surface area contributed by atoms with Crippen molar-refractivity contribution < 1.29 is 28.5 Å². The number of fused-ring (bicyclic) bond motifs is 1. The molecule has 3 atom stereocenters. The van der Waals surface area contributed by atoms with E-state index >= 15 is 0 Å². The first-order valence-corrected chi connectivity index (χ1v) is 10.6. The lowest BCUT2D eigenvalue weighted by Gasteiger charge is -2.27. The maximum atomic E-state index is 12.5. The van der Waals surface area contributed by atoms with Gasteiger partial charge in [0.1, 0.15) is 23.6 Å². The van der Waals surface area contributed by atoms with E-state index in [9.17, 15) is 9.59 Å². The zero-order valence-corrected chi connectivity index (χ0v) is 18.4. The van der Waals surface area contributed by atoms with Gasteiger partial charge < -0.3 is 29.6 Å². The van der Waals surface area contributed by atoms with E-state index < -0.39 is 23.6 Å². The molecule has 2 N–H and O–H groups in total. The second-order valence-electron chi connectivity index (χ2n) is 8.44. The van der Waals surface area contributed by atoms with Crippen molar-refractivity contribution in [1.82, 2.24) is 10.6 Å². The van der Waals surface area contributed by atoms with Crippen molar-refractivity contribution in [3.63, 3.8) is 0 Å². The summed E-state index contributed by atoms with van der Waals surface area (Å²) in [5.74, 6) is -0.557. The molecule has 0 unspecified atom stereocenters. The molecule has 0 saturated carbocycles. The van der Waals surface area contributed by atoms with E-state index in [0.717, 1.165) is 0 Å². The zero-order chi connectivity index (χ0) is 22.8. The molecule has 2 amide bonds. The van der Waals surface area contributed by atoms with E-state index in [1.54, 1.807) is 43.5 Å². The highest BCUT2D eigenvalue weighted by Gasteiger charge is 2.61. The van der Waals surface area contributed by atoms with Crippen LogP contribution >= 0.6 is 0 Å². The van der Waals surface area contributed by atoms with Crippen molar-refractivity contribution >= 4 is 11.8 Å². The molecule has 2 aromatic carbocycles. The lowest BCUT2D eigenvalue weighted by Crippen LogP contribution is -2.52. The average Bonchev–Trinajstić information content (AvgIpc) is 3.26. The Morgan fingerprint density at radius 1 is 1.00 bits per heavy atom. The maximum Gasteiger partial charge on any atom is 0.251 e. The largest absolute Gasteiger partial charge is 0.497 e. The molecule has 170 valence electrons. The van der Waals surface area contributed by atoms with Crippen LogP contribution in [0.3, 0.4) is 0 Å². The number of ether oxygens (including phenoxy) is 4. The number of benzene rings is 2. The first-order chi connectivity index (χ1) is 15.3. The van der Waals surface area contributed by atoms with Gasteiger partial charge >= 0.3 is 0 Å². The normalized spacial score (nSPS) is 25.7. The Kier molecular flexibility index (Phi) is 6.19. The van der Waals surface area contributed by atoms with Crippen LogP contribution in [-0.2, 0) is 14.2 Å². The summed E-state index contributed by atoms with van der Waals surface area (Å²) in [5, 5.41) is 5.84. The molecule has 0 spiro atoms. The molecule has 2 heterocycles. The number of carbonyl (C=O) groups excluding carboxylic acids is 2. The van der Waals surface area contributed by atoms with E-state index in [-0.39, 0.29) is 31.5 Å². The second-order valence-corrected chi connectivity index (χ2v) is 8.44. The van der Waals surface area contributed by atoms with Crippen LogP contribution in [0.1, 0.15) is 34.6 Å². The molecular formula is C24H28N2O6. The molecule has 2 aliphatic rings. The first-order valence-electron chi connectivity index (χ1n) is 10.6. The molecule has 2 fully saturated rings. The molecule has 8 heteroatoms. The summed E-state index contributed by atoms with van der Waals surface area (Å²) in [6.07, 6.45) is -0.850. The number of amides is 2. The molecule has 0 bridgehead atoms. The SMILES string of the molecule is COc1ccc(C(=O)NC[C@H]2OC[C@]3(CNC(=O)c4ccccc4)OC(C)(C)O[C@H]23)cc1. The summed E-state index contributed by atoms with van der Waals surface area (Å²) in [7, 11) is 1.58. The lowest BCUT2D eigenvalue weighted by atomic mass is 9.96. The summed E-state index contributed by atoms with van der Waals surface area (Å²) < 4.78 is 23.4. The van der Waals surface area contributed by atoms with E-state index in [2.05, 4.69) is 10.6 Å². The van der Waals surface area contributed by atoms with Crippen LogP contribution in [0.25, 0.3) is 0 Å². The Bertz CT molecular complexity index is 962. The zero-order valence-electron chi connectivity index (χ0n) is 18.4. The van der Waals surface area contributed by atoms with Gasteiger partial charge in [-0.25, -0.2) is 0 Å². The van der Waals surface area contributed by atoms with Gasteiger partial charge in [0.15, 0.2) is 5.79 Å².